The van der Waals surface area contributed by atoms with Gasteiger partial charge in [0.1, 0.15) is 0 Å². The molecule has 0 radical (unpaired) electrons. The summed E-state index contributed by atoms with van der Waals surface area (Å²) in [6.45, 7) is 7.99. The van der Waals surface area contributed by atoms with Crippen LogP contribution in [0.5, 0.6) is 0 Å². The number of hydrogen-bond acceptors (Lipinski definition) is 3. The Morgan fingerprint density at radius 3 is 2.39 bits per heavy atom. The van der Waals surface area contributed by atoms with E-state index in [4.69, 9.17) is 4.74 Å². The van der Waals surface area contributed by atoms with E-state index in [0.717, 1.165) is 37.9 Å². The van der Waals surface area contributed by atoms with Gasteiger partial charge in [-0.2, -0.15) is 0 Å². The number of amides is 1. The molecule has 1 amide bonds. The Morgan fingerprint density at radius 1 is 1.13 bits per heavy atom. The number of rotatable bonds is 7. The Morgan fingerprint density at radius 2 is 1.78 bits per heavy atom. The largest absolute Gasteiger partial charge is 0.381 e. The predicted molar refractivity (Wildman–Crippen MR) is 96.3 cm³/mol. The number of carbonyl (C=O) groups is 1. The molecule has 1 aromatic rings. The first-order chi connectivity index (χ1) is 10.7. The van der Waals surface area contributed by atoms with Crippen molar-refractivity contribution in [1.82, 2.24) is 10.6 Å². The van der Waals surface area contributed by atoms with E-state index in [9.17, 15) is 4.79 Å². The molecule has 0 spiro atoms. The second kappa shape index (κ2) is 9.91. The molecule has 0 saturated carbocycles. The summed E-state index contributed by atoms with van der Waals surface area (Å²) in [6, 6.07) is 8.36. The highest BCUT2D eigenvalue weighted by molar-refractivity contribution is 5.88. The van der Waals surface area contributed by atoms with Gasteiger partial charge in [0.05, 0.1) is 5.41 Å². The maximum Gasteiger partial charge on any atom is 0.230 e. The van der Waals surface area contributed by atoms with Gasteiger partial charge in [0, 0.05) is 26.3 Å². The molecule has 1 aliphatic rings. The zero-order chi connectivity index (χ0) is 15.8. The van der Waals surface area contributed by atoms with Gasteiger partial charge in [0.2, 0.25) is 5.91 Å². The van der Waals surface area contributed by atoms with Crippen LogP contribution in [-0.2, 0) is 14.9 Å². The summed E-state index contributed by atoms with van der Waals surface area (Å²) in [6.07, 6.45) is 2.62. The molecule has 0 bridgehead atoms. The molecule has 1 fully saturated rings. The lowest BCUT2D eigenvalue weighted by molar-refractivity contribution is -0.130. The molecule has 5 heteroatoms. The zero-order valence-corrected chi connectivity index (χ0v) is 15.0. The van der Waals surface area contributed by atoms with Crippen LogP contribution >= 0.6 is 12.4 Å². The quantitative estimate of drug-likeness (QED) is 0.750. The van der Waals surface area contributed by atoms with Crippen molar-refractivity contribution in [1.29, 1.82) is 0 Å². The minimum atomic E-state index is -0.434. The maximum atomic E-state index is 12.8. The van der Waals surface area contributed by atoms with Crippen LogP contribution in [0, 0.1) is 6.92 Å². The summed E-state index contributed by atoms with van der Waals surface area (Å²) in [5.41, 5.74) is 1.90. The standard InChI is InChI=1S/C18H28N2O2.ClH/c1-3-10-19-11-12-20-17(21)18(8-13-22-14-9-18)16-6-4-15(2)5-7-16;/h4-7,19H,3,8-14H2,1-2H3,(H,20,21);1H. The molecule has 0 aliphatic carbocycles. The third-order valence-corrected chi connectivity index (χ3v) is 4.40. The number of ether oxygens (including phenoxy) is 1. The molecule has 130 valence electrons. The van der Waals surface area contributed by atoms with E-state index in [0.29, 0.717) is 19.8 Å². The van der Waals surface area contributed by atoms with E-state index < -0.39 is 5.41 Å². The highest BCUT2D eigenvalue weighted by atomic mass is 35.5. The summed E-state index contributed by atoms with van der Waals surface area (Å²) < 4.78 is 5.49. The highest BCUT2D eigenvalue weighted by Crippen LogP contribution is 2.35. The molecule has 4 nitrogen and oxygen atoms in total. The summed E-state index contributed by atoms with van der Waals surface area (Å²) in [5.74, 6) is 0.137. The molecular formula is C18H29ClN2O2. The Hall–Kier alpha value is -1.10. The van der Waals surface area contributed by atoms with Crippen LogP contribution in [-0.4, -0.2) is 38.8 Å². The fourth-order valence-corrected chi connectivity index (χ4v) is 2.97. The van der Waals surface area contributed by atoms with Crippen molar-refractivity contribution in [2.45, 2.75) is 38.5 Å². The minimum Gasteiger partial charge on any atom is -0.381 e. The molecule has 1 saturated heterocycles. The van der Waals surface area contributed by atoms with E-state index in [-0.39, 0.29) is 18.3 Å². The second-order valence-electron chi connectivity index (χ2n) is 6.07. The lowest BCUT2D eigenvalue weighted by atomic mass is 9.73. The Kier molecular flexibility index (Phi) is 8.59. The first-order valence-electron chi connectivity index (χ1n) is 8.33. The number of benzene rings is 1. The van der Waals surface area contributed by atoms with Gasteiger partial charge in [-0.25, -0.2) is 0 Å². The lowest BCUT2D eigenvalue weighted by Gasteiger charge is -2.36. The third kappa shape index (κ3) is 5.20. The van der Waals surface area contributed by atoms with Crippen molar-refractivity contribution in [3.8, 4) is 0 Å². The van der Waals surface area contributed by atoms with Gasteiger partial charge < -0.3 is 15.4 Å². The van der Waals surface area contributed by atoms with E-state index in [1.807, 2.05) is 0 Å². The van der Waals surface area contributed by atoms with Crippen LogP contribution < -0.4 is 10.6 Å². The van der Waals surface area contributed by atoms with E-state index in [1.165, 1.54) is 5.56 Å². The second-order valence-corrected chi connectivity index (χ2v) is 6.07. The SMILES string of the molecule is CCCNCCNC(=O)C1(c2ccc(C)cc2)CCOCC1.Cl. The smallest absolute Gasteiger partial charge is 0.230 e. The van der Waals surface area contributed by atoms with Crippen molar-refractivity contribution < 1.29 is 9.53 Å². The van der Waals surface area contributed by atoms with Crippen molar-refractivity contribution in [3.05, 3.63) is 35.4 Å². The van der Waals surface area contributed by atoms with Gasteiger partial charge in [-0.1, -0.05) is 36.8 Å². The fraction of sp³-hybridized carbons (Fsp3) is 0.611. The predicted octanol–water partition coefficient (Wildman–Crippen LogP) is 2.58. The summed E-state index contributed by atoms with van der Waals surface area (Å²) in [5, 5.41) is 6.42. The van der Waals surface area contributed by atoms with E-state index >= 15 is 0 Å². The third-order valence-electron chi connectivity index (χ3n) is 4.40. The average Bonchev–Trinajstić information content (AvgIpc) is 2.55. The number of nitrogens with one attached hydrogen (secondary N) is 2. The zero-order valence-electron chi connectivity index (χ0n) is 14.2. The van der Waals surface area contributed by atoms with Crippen molar-refractivity contribution in [3.63, 3.8) is 0 Å². The number of carbonyl (C=O) groups excluding carboxylic acids is 1. The lowest BCUT2D eigenvalue weighted by Crippen LogP contribution is -2.49. The van der Waals surface area contributed by atoms with Gasteiger partial charge in [-0.15, -0.1) is 12.4 Å². The molecule has 1 aromatic carbocycles. The van der Waals surface area contributed by atoms with E-state index in [1.54, 1.807) is 0 Å². The summed E-state index contributed by atoms with van der Waals surface area (Å²) >= 11 is 0. The van der Waals surface area contributed by atoms with Gasteiger partial charge in [-0.05, 0) is 38.3 Å². The molecule has 1 heterocycles. The Bertz CT molecular complexity index is 470. The van der Waals surface area contributed by atoms with Crippen LogP contribution in [0.25, 0.3) is 0 Å². The molecule has 1 aliphatic heterocycles. The fourth-order valence-electron chi connectivity index (χ4n) is 2.97. The first-order valence-corrected chi connectivity index (χ1v) is 8.33. The molecule has 23 heavy (non-hydrogen) atoms. The van der Waals surface area contributed by atoms with Crippen LogP contribution in [0.1, 0.15) is 37.3 Å². The maximum absolute atomic E-state index is 12.8. The van der Waals surface area contributed by atoms with Crippen molar-refractivity contribution in [2.24, 2.45) is 0 Å². The van der Waals surface area contributed by atoms with Crippen LogP contribution in [0.4, 0.5) is 0 Å². The Balaban J connectivity index is 0.00000264. The Labute approximate surface area is 145 Å². The van der Waals surface area contributed by atoms with Gasteiger partial charge in [-0.3, -0.25) is 4.79 Å². The van der Waals surface area contributed by atoms with E-state index in [2.05, 4.69) is 48.7 Å². The van der Waals surface area contributed by atoms with Crippen molar-refractivity contribution in [2.75, 3.05) is 32.8 Å². The minimum absolute atomic E-state index is 0. The van der Waals surface area contributed by atoms with Crippen LogP contribution in [0.3, 0.4) is 0 Å². The number of halogens is 1. The molecular weight excluding hydrogens is 312 g/mol. The number of aryl methyl sites for hydroxylation is 1. The van der Waals surface area contributed by atoms with Crippen LogP contribution in [0.2, 0.25) is 0 Å². The summed E-state index contributed by atoms with van der Waals surface area (Å²) in [4.78, 5) is 12.8. The topological polar surface area (TPSA) is 50.4 Å². The first kappa shape index (κ1) is 19.9. The average molecular weight is 341 g/mol. The van der Waals surface area contributed by atoms with Crippen molar-refractivity contribution >= 4 is 18.3 Å². The highest BCUT2D eigenvalue weighted by Gasteiger charge is 2.41. The molecule has 0 atom stereocenters. The molecule has 2 N–H and O–H groups in total. The number of hydrogen-bond donors (Lipinski definition) is 2. The monoisotopic (exact) mass is 340 g/mol. The summed E-state index contributed by atoms with van der Waals surface area (Å²) in [7, 11) is 0. The molecule has 0 aromatic heterocycles. The van der Waals surface area contributed by atoms with Crippen LogP contribution in [0.15, 0.2) is 24.3 Å². The van der Waals surface area contributed by atoms with Gasteiger partial charge >= 0.3 is 0 Å². The normalized spacial score (nSPS) is 16.4. The van der Waals surface area contributed by atoms with Gasteiger partial charge in [0.15, 0.2) is 0 Å². The van der Waals surface area contributed by atoms with Gasteiger partial charge in [0.25, 0.3) is 0 Å². The molecule has 2 rings (SSSR count). The molecule has 0 unspecified atom stereocenters.